The second-order valence-electron chi connectivity index (χ2n) is 6.50. The summed E-state index contributed by atoms with van der Waals surface area (Å²) in [6.45, 7) is 4.31. The molecule has 1 aliphatic rings. The van der Waals surface area contributed by atoms with Gasteiger partial charge in [-0.2, -0.15) is 0 Å². The van der Waals surface area contributed by atoms with E-state index in [4.69, 9.17) is 4.74 Å². The molecule has 1 saturated heterocycles. The summed E-state index contributed by atoms with van der Waals surface area (Å²) in [7, 11) is 0. The van der Waals surface area contributed by atoms with E-state index in [-0.39, 0.29) is 0 Å². The largest absolute Gasteiger partial charge is 0.390 e. The van der Waals surface area contributed by atoms with Crippen LogP contribution in [0.25, 0.3) is 20.7 Å². The van der Waals surface area contributed by atoms with Crippen LogP contribution < -0.4 is 5.32 Å². The first kappa shape index (κ1) is 18.8. The number of morpholine rings is 1. The van der Waals surface area contributed by atoms with E-state index in [1.165, 1.54) is 0 Å². The molecule has 4 rings (SSSR count). The summed E-state index contributed by atoms with van der Waals surface area (Å²) in [6, 6.07) is 10.3. The van der Waals surface area contributed by atoms with E-state index in [1.807, 2.05) is 12.1 Å². The van der Waals surface area contributed by atoms with E-state index in [0.717, 1.165) is 57.3 Å². The van der Waals surface area contributed by atoms with E-state index >= 15 is 0 Å². The van der Waals surface area contributed by atoms with Crippen molar-refractivity contribution in [1.29, 1.82) is 0 Å². The summed E-state index contributed by atoms with van der Waals surface area (Å²) in [6.07, 6.45) is 1.11. The lowest BCUT2D eigenvalue weighted by atomic mass is 10.2. The highest BCUT2D eigenvalue weighted by molar-refractivity contribution is 9.10. The van der Waals surface area contributed by atoms with Crippen LogP contribution in [-0.4, -0.2) is 65.5 Å². The van der Waals surface area contributed by atoms with Gasteiger partial charge < -0.3 is 15.2 Å². The summed E-state index contributed by atoms with van der Waals surface area (Å²) in [5.74, 6) is 0.773. The Morgan fingerprint density at radius 3 is 2.78 bits per heavy atom. The van der Waals surface area contributed by atoms with Gasteiger partial charge in [-0.15, -0.1) is 11.3 Å². The van der Waals surface area contributed by atoms with Gasteiger partial charge in [0.15, 0.2) is 0 Å². The summed E-state index contributed by atoms with van der Waals surface area (Å²) in [5.41, 5.74) is 2.07. The zero-order valence-electron chi connectivity index (χ0n) is 14.8. The van der Waals surface area contributed by atoms with E-state index in [9.17, 15) is 5.11 Å². The Morgan fingerprint density at radius 1 is 1.22 bits per heavy atom. The van der Waals surface area contributed by atoms with Crippen LogP contribution in [0, 0.1) is 0 Å². The molecule has 8 heteroatoms. The number of fused-ring (bicyclic) bond motifs is 1. The number of halogens is 1. The maximum Gasteiger partial charge on any atom is 0.147 e. The number of benzene rings is 1. The fourth-order valence-corrected chi connectivity index (χ4v) is 4.44. The van der Waals surface area contributed by atoms with E-state index < -0.39 is 6.10 Å². The molecule has 0 radical (unpaired) electrons. The Labute approximate surface area is 170 Å². The van der Waals surface area contributed by atoms with Crippen molar-refractivity contribution in [2.75, 3.05) is 44.7 Å². The smallest absolute Gasteiger partial charge is 0.147 e. The Morgan fingerprint density at radius 2 is 2.00 bits per heavy atom. The summed E-state index contributed by atoms with van der Waals surface area (Å²) < 4.78 is 7.41. The van der Waals surface area contributed by atoms with Crippen molar-refractivity contribution in [3.63, 3.8) is 0 Å². The van der Waals surface area contributed by atoms with Gasteiger partial charge in [0.25, 0.3) is 0 Å². The van der Waals surface area contributed by atoms with Crippen molar-refractivity contribution < 1.29 is 9.84 Å². The minimum Gasteiger partial charge on any atom is -0.390 e. The van der Waals surface area contributed by atoms with Gasteiger partial charge in [0, 0.05) is 35.5 Å². The van der Waals surface area contributed by atoms with E-state index in [0.29, 0.717) is 13.1 Å². The third-order valence-corrected chi connectivity index (χ3v) is 6.23. The van der Waals surface area contributed by atoms with Gasteiger partial charge in [-0.05, 0) is 23.8 Å². The predicted molar refractivity (Wildman–Crippen MR) is 112 cm³/mol. The lowest BCUT2D eigenvalue weighted by Gasteiger charge is -2.28. The first-order valence-corrected chi connectivity index (χ1v) is 10.5. The molecule has 0 bridgehead atoms. The normalized spacial score (nSPS) is 16.5. The molecule has 0 spiro atoms. The van der Waals surface area contributed by atoms with Crippen LogP contribution >= 0.6 is 27.3 Å². The van der Waals surface area contributed by atoms with Gasteiger partial charge in [0.05, 0.1) is 29.5 Å². The van der Waals surface area contributed by atoms with Crippen molar-refractivity contribution in [3.05, 3.63) is 41.1 Å². The molecule has 6 nitrogen and oxygen atoms in total. The quantitative estimate of drug-likeness (QED) is 0.603. The SMILES string of the molecule is O[C@@H](CNc1ncnc2cc(-c3ccc(Br)cc3)sc12)CN1CCOCC1. The Hall–Kier alpha value is -1.58. The van der Waals surface area contributed by atoms with E-state index in [2.05, 4.69) is 54.3 Å². The van der Waals surface area contributed by atoms with Crippen LogP contribution in [0.15, 0.2) is 41.1 Å². The van der Waals surface area contributed by atoms with E-state index in [1.54, 1.807) is 17.7 Å². The van der Waals surface area contributed by atoms with Gasteiger partial charge in [-0.3, -0.25) is 4.90 Å². The van der Waals surface area contributed by atoms with Crippen LogP contribution in [0.4, 0.5) is 5.82 Å². The highest BCUT2D eigenvalue weighted by Crippen LogP contribution is 2.35. The molecule has 0 amide bonds. The third kappa shape index (κ3) is 4.64. The molecule has 0 unspecified atom stereocenters. The number of ether oxygens (including phenoxy) is 1. The molecule has 1 aromatic carbocycles. The number of aliphatic hydroxyl groups is 1. The van der Waals surface area contributed by atoms with Gasteiger partial charge in [0.1, 0.15) is 12.1 Å². The number of thiophene rings is 1. The van der Waals surface area contributed by atoms with Crippen LogP contribution in [0.5, 0.6) is 0 Å². The standard InChI is InChI=1S/C19H21BrN4O2S/c20-14-3-1-13(2-4-14)17-9-16-18(27-17)19(23-12-22-16)21-10-15(25)11-24-5-7-26-8-6-24/h1-4,9,12,15,25H,5-8,10-11H2,(H,21,22,23)/t15-/m0/s1. The maximum absolute atomic E-state index is 10.4. The fourth-order valence-electron chi connectivity index (χ4n) is 3.10. The second kappa shape index (κ2) is 8.62. The molecular weight excluding hydrogens is 428 g/mol. The molecule has 3 heterocycles. The van der Waals surface area contributed by atoms with Crippen molar-refractivity contribution in [2.45, 2.75) is 6.10 Å². The van der Waals surface area contributed by atoms with Gasteiger partial charge >= 0.3 is 0 Å². The molecule has 1 aliphatic heterocycles. The van der Waals surface area contributed by atoms with Crippen molar-refractivity contribution in [2.24, 2.45) is 0 Å². The van der Waals surface area contributed by atoms with Crippen molar-refractivity contribution >= 4 is 43.3 Å². The number of hydrogen-bond donors (Lipinski definition) is 2. The summed E-state index contributed by atoms with van der Waals surface area (Å²) in [5, 5.41) is 13.6. The van der Waals surface area contributed by atoms with Gasteiger partial charge in [-0.1, -0.05) is 28.1 Å². The van der Waals surface area contributed by atoms with Crippen LogP contribution in [-0.2, 0) is 4.74 Å². The minimum absolute atomic E-state index is 0.453. The molecule has 0 aliphatic carbocycles. The molecule has 1 fully saturated rings. The summed E-state index contributed by atoms with van der Waals surface area (Å²) >= 11 is 5.13. The third-order valence-electron chi connectivity index (χ3n) is 4.52. The Kier molecular flexibility index (Phi) is 5.99. The number of rotatable bonds is 6. The molecule has 3 aromatic rings. The summed E-state index contributed by atoms with van der Waals surface area (Å²) in [4.78, 5) is 12.1. The topological polar surface area (TPSA) is 70.5 Å². The van der Waals surface area contributed by atoms with Crippen LogP contribution in [0.3, 0.4) is 0 Å². The first-order chi connectivity index (χ1) is 13.2. The Balaban J connectivity index is 1.46. The maximum atomic E-state index is 10.4. The number of anilines is 1. The van der Waals surface area contributed by atoms with Gasteiger partial charge in [0.2, 0.25) is 0 Å². The molecule has 27 heavy (non-hydrogen) atoms. The fraction of sp³-hybridized carbons (Fsp3) is 0.368. The molecule has 142 valence electrons. The Bertz CT molecular complexity index is 896. The average molecular weight is 449 g/mol. The average Bonchev–Trinajstić information content (AvgIpc) is 3.12. The molecule has 1 atom stereocenters. The number of hydrogen-bond acceptors (Lipinski definition) is 7. The zero-order chi connectivity index (χ0) is 18.6. The highest BCUT2D eigenvalue weighted by atomic mass is 79.9. The number of aromatic nitrogens is 2. The minimum atomic E-state index is -0.459. The number of nitrogens with zero attached hydrogens (tertiary/aromatic N) is 3. The lowest BCUT2D eigenvalue weighted by Crippen LogP contribution is -2.42. The second-order valence-corrected chi connectivity index (χ2v) is 8.47. The lowest BCUT2D eigenvalue weighted by molar-refractivity contribution is 0.0171. The number of β-amino-alcohol motifs (C(OH)–C–C–N with tert-alkyl or cyclic N) is 1. The number of nitrogens with one attached hydrogen (secondary N) is 1. The van der Waals surface area contributed by atoms with Crippen molar-refractivity contribution in [1.82, 2.24) is 14.9 Å². The molecule has 0 saturated carbocycles. The monoisotopic (exact) mass is 448 g/mol. The molecule has 2 N–H and O–H groups in total. The zero-order valence-corrected chi connectivity index (χ0v) is 17.2. The predicted octanol–water partition coefficient (Wildman–Crippen LogP) is 3.23. The number of aliphatic hydroxyl groups excluding tert-OH is 1. The van der Waals surface area contributed by atoms with Crippen LogP contribution in [0.2, 0.25) is 0 Å². The van der Waals surface area contributed by atoms with Crippen molar-refractivity contribution in [3.8, 4) is 10.4 Å². The van der Waals surface area contributed by atoms with Gasteiger partial charge in [-0.25, -0.2) is 9.97 Å². The first-order valence-electron chi connectivity index (χ1n) is 8.91. The molecular formula is C19H21BrN4O2S. The highest BCUT2D eigenvalue weighted by Gasteiger charge is 2.16. The van der Waals surface area contributed by atoms with Crippen LogP contribution in [0.1, 0.15) is 0 Å². The molecule has 2 aromatic heterocycles.